The Morgan fingerprint density at radius 3 is 2.61 bits per heavy atom. The Kier molecular flexibility index (Phi) is 3.75. The molecule has 0 saturated carbocycles. The molecule has 0 unspecified atom stereocenters. The van der Waals surface area contributed by atoms with Gasteiger partial charge in [-0.15, -0.1) is 11.3 Å². The third-order valence-electron chi connectivity index (χ3n) is 2.58. The van der Waals surface area contributed by atoms with Gasteiger partial charge in [-0.3, -0.25) is 4.79 Å². The van der Waals surface area contributed by atoms with E-state index < -0.39 is 0 Å². The number of carbonyl (C=O) groups is 1. The maximum absolute atomic E-state index is 12.1. The zero-order valence-electron chi connectivity index (χ0n) is 9.96. The number of hydrogen-bond donors (Lipinski definition) is 0. The van der Waals surface area contributed by atoms with E-state index in [1.54, 1.807) is 47.5 Å². The SMILES string of the molecule is CN(Cc1cccs1)C(=O)c1ccc(C#N)cc1. The fraction of sp³-hybridized carbons (Fsp3) is 0.143. The van der Waals surface area contributed by atoms with Gasteiger partial charge in [0.15, 0.2) is 0 Å². The minimum Gasteiger partial charge on any atom is -0.337 e. The van der Waals surface area contributed by atoms with Gasteiger partial charge >= 0.3 is 0 Å². The average Bonchev–Trinajstić information content (AvgIpc) is 2.91. The molecule has 0 atom stereocenters. The van der Waals surface area contributed by atoms with Crippen molar-refractivity contribution in [3.8, 4) is 6.07 Å². The molecule has 0 bridgehead atoms. The van der Waals surface area contributed by atoms with Crippen LogP contribution in [0, 0.1) is 11.3 Å². The molecule has 0 radical (unpaired) electrons. The number of thiophene rings is 1. The lowest BCUT2D eigenvalue weighted by Crippen LogP contribution is -2.25. The summed E-state index contributed by atoms with van der Waals surface area (Å²) in [4.78, 5) is 14.9. The summed E-state index contributed by atoms with van der Waals surface area (Å²) < 4.78 is 0. The molecule has 1 heterocycles. The minimum atomic E-state index is -0.0344. The lowest BCUT2D eigenvalue weighted by Gasteiger charge is -2.16. The molecule has 0 spiro atoms. The molecule has 0 aliphatic rings. The second-order valence-corrected chi connectivity index (χ2v) is 4.96. The summed E-state index contributed by atoms with van der Waals surface area (Å²) in [6.07, 6.45) is 0. The van der Waals surface area contributed by atoms with E-state index in [0.29, 0.717) is 17.7 Å². The van der Waals surface area contributed by atoms with Crippen molar-refractivity contribution in [3.63, 3.8) is 0 Å². The Hall–Kier alpha value is -2.12. The second kappa shape index (κ2) is 5.48. The third kappa shape index (κ3) is 2.76. The fourth-order valence-electron chi connectivity index (χ4n) is 1.62. The molecule has 2 aromatic rings. The van der Waals surface area contributed by atoms with Crippen molar-refractivity contribution >= 4 is 17.2 Å². The van der Waals surface area contributed by atoms with Gasteiger partial charge in [0.2, 0.25) is 0 Å². The van der Waals surface area contributed by atoms with Crippen molar-refractivity contribution in [1.82, 2.24) is 4.90 Å². The van der Waals surface area contributed by atoms with Gasteiger partial charge in [-0.05, 0) is 35.7 Å². The van der Waals surface area contributed by atoms with E-state index in [1.165, 1.54) is 0 Å². The monoisotopic (exact) mass is 256 g/mol. The third-order valence-corrected chi connectivity index (χ3v) is 3.44. The number of amides is 1. The molecular weight excluding hydrogens is 244 g/mol. The molecule has 18 heavy (non-hydrogen) atoms. The van der Waals surface area contributed by atoms with Gasteiger partial charge in [0.25, 0.3) is 5.91 Å². The number of hydrogen-bond acceptors (Lipinski definition) is 3. The molecule has 0 aliphatic heterocycles. The van der Waals surface area contributed by atoms with Crippen LogP contribution in [-0.4, -0.2) is 17.9 Å². The maximum atomic E-state index is 12.1. The lowest BCUT2D eigenvalue weighted by molar-refractivity contribution is 0.0786. The number of benzene rings is 1. The van der Waals surface area contributed by atoms with Crippen molar-refractivity contribution in [1.29, 1.82) is 5.26 Å². The highest BCUT2D eigenvalue weighted by Crippen LogP contribution is 2.13. The highest BCUT2D eigenvalue weighted by atomic mass is 32.1. The van der Waals surface area contributed by atoms with Gasteiger partial charge in [-0.2, -0.15) is 5.26 Å². The van der Waals surface area contributed by atoms with Crippen molar-refractivity contribution in [2.45, 2.75) is 6.54 Å². The van der Waals surface area contributed by atoms with E-state index in [9.17, 15) is 4.79 Å². The zero-order valence-corrected chi connectivity index (χ0v) is 10.8. The van der Waals surface area contributed by atoms with Crippen LogP contribution in [0.4, 0.5) is 0 Å². The Morgan fingerprint density at radius 1 is 1.33 bits per heavy atom. The molecule has 0 saturated heterocycles. The van der Waals surface area contributed by atoms with Crippen molar-refractivity contribution in [2.75, 3.05) is 7.05 Å². The molecule has 0 aliphatic carbocycles. The van der Waals surface area contributed by atoms with Crippen LogP contribution in [0.5, 0.6) is 0 Å². The highest BCUT2D eigenvalue weighted by molar-refractivity contribution is 7.09. The van der Waals surface area contributed by atoms with Gasteiger partial charge < -0.3 is 4.90 Å². The molecule has 1 aromatic carbocycles. The number of carbonyl (C=O) groups excluding carboxylic acids is 1. The molecular formula is C14H12N2OS. The molecule has 1 aromatic heterocycles. The van der Waals surface area contributed by atoms with E-state index in [4.69, 9.17) is 5.26 Å². The number of nitriles is 1. The Bertz CT molecular complexity index is 567. The molecule has 0 N–H and O–H groups in total. The second-order valence-electron chi connectivity index (χ2n) is 3.93. The average molecular weight is 256 g/mol. The van der Waals surface area contributed by atoms with E-state index in [2.05, 4.69) is 0 Å². The predicted molar refractivity (Wildman–Crippen MR) is 71.3 cm³/mol. The Labute approximate surface area is 110 Å². The van der Waals surface area contributed by atoms with E-state index in [-0.39, 0.29) is 5.91 Å². The van der Waals surface area contributed by atoms with Gasteiger partial charge in [-0.25, -0.2) is 0 Å². The summed E-state index contributed by atoms with van der Waals surface area (Å²) in [6, 6.07) is 12.7. The van der Waals surface area contributed by atoms with E-state index >= 15 is 0 Å². The summed E-state index contributed by atoms with van der Waals surface area (Å²) in [5.41, 5.74) is 1.17. The lowest BCUT2D eigenvalue weighted by atomic mass is 10.1. The van der Waals surface area contributed by atoms with Crippen LogP contribution >= 0.6 is 11.3 Å². The van der Waals surface area contributed by atoms with Gasteiger partial charge in [-0.1, -0.05) is 6.07 Å². The molecule has 2 rings (SSSR count). The first-order valence-electron chi connectivity index (χ1n) is 5.48. The number of rotatable bonds is 3. The van der Waals surface area contributed by atoms with E-state index in [0.717, 1.165) is 4.88 Å². The normalized spacial score (nSPS) is 9.78. The predicted octanol–water partition coefficient (Wildman–Crippen LogP) is 2.89. The standard InChI is InChI=1S/C14H12N2OS/c1-16(10-13-3-2-8-18-13)14(17)12-6-4-11(9-15)5-7-12/h2-8H,10H2,1H3. The first-order valence-corrected chi connectivity index (χ1v) is 6.36. The van der Waals surface area contributed by atoms with Crippen LogP contribution in [0.2, 0.25) is 0 Å². The zero-order chi connectivity index (χ0) is 13.0. The van der Waals surface area contributed by atoms with Crippen LogP contribution < -0.4 is 0 Å². The summed E-state index contributed by atoms with van der Waals surface area (Å²) in [5.74, 6) is -0.0344. The molecule has 1 amide bonds. The molecule has 4 heteroatoms. The first kappa shape index (κ1) is 12.3. The van der Waals surface area contributed by atoms with Crippen LogP contribution in [0.1, 0.15) is 20.8 Å². The quantitative estimate of drug-likeness (QED) is 0.847. The largest absolute Gasteiger partial charge is 0.337 e. The topological polar surface area (TPSA) is 44.1 Å². The Balaban J connectivity index is 2.08. The van der Waals surface area contributed by atoms with Gasteiger partial charge in [0, 0.05) is 17.5 Å². The first-order chi connectivity index (χ1) is 8.70. The summed E-state index contributed by atoms with van der Waals surface area (Å²) in [7, 11) is 1.78. The summed E-state index contributed by atoms with van der Waals surface area (Å²) >= 11 is 1.63. The van der Waals surface area contributed by atoms with E-state index in [1.807, 2.05) is 23.6 Å². The van der Waals surface area contributed by atoms with Crippen LogP contribution in [0.15, 0.2) is 41.8 Å². The molecule has 3 nitrogen and oxygen atoms in total. The van der Waals surface area contributed by atoms with Crippen LogP contribution in [0.3, 0.4) is 0 Å². The highest BCUT2D eigenvalue weighted by Gasteiger charge is 2.12. The van der Waals surface area contributed by atoms with Crippen LogP contribution in [0.25, 0.3) is 0 Å². The molecule has 0 fully saturated rings. The molecule has 90 valence electrons. The summed E-state index contributed by atoms with van der Waals surface area (Å²) in [5, 5.41) is 10.7. The fourth-order valence-corrected chi connectivity index (χ4v) is 2.37. The van der Waals surface area contributed by atoms with Gasteiger partial charge in [0.05, 0.1) is 18.2 Å². The smallest absolute Gasteiger partial charge is 0.253 e. The minimum absolute atomic E-state index is 0.0344. The number of nitrogens with zero attached hydrogens (tertiary/aromatic N) is 2. The van der Waals surface area contributed by atoms with Crippen molar-refractivity contribution in [3.05, 3.63) is 57.8 Å². The van der Waals surface area contributed by atoms with Gasteiger partial charge in [0.1, 0.15) is 0 Å². The van der Waals surface area contributed by atoms with Crippen molar-refractivity contribution in [2.24, 2.45) is 0 Å². The summed E-state index contributed by atoms with van der Waals surface area (Å²) in [6.45, 7) is 0.608. The van der Waals surface area contributed by atoms with Crippen LogP contribution in [-0.2, 0) is 6.54 Å². The Morgan fingerprint density at radius 2 is 2.06 bits per heavy atom. The van der Waals surface area contributed by atoms with Crippen molar-refractivity contribution < 1.29 is 4.79 Å². The maximum Gasteiger partial charge on any atom is 0.253 e.